The SMILES string of the molecule is CC1=CCC(C)(C)C2=C1Cc1c(O)cc(C(C)(C)C(=O)OCCCCBr)cc1O2. The van der Waals surface area contributed by atoms with E-state index in [-0.39, 0.29) is 17.1 Å². The average molecular weight is 463 g/mol. The van der Waals surface area contributed by atoms with E-state index in [1.54, 1.807) is 6.07 Å². The molecule has 1 aliphatic carbocycles. The summed E-state index contributed by atoms with van der Waals surface area (Å²) in [6, 6.07) is 3.57. The van der Waals surface area contributed by atoms with Crippen LogP contribution in [0.2, 0.25) is 0 Å². The van der Waals surface area contributed by atoms with Gasteiger partial charge in [0.05, 0.1) is 12.0 Å². The molecule has 0 atom stereocenters. The zero-order chi connectivity index (χ0) is 21.4. The van der Waals surface area contributed by atoms with Crippen LogP contribution in [0.1, 0.15) is 65.0 Å². The number of allylic oxidation sites excluding steroid dienone is 4. The maximum Gasteiger partial charge on any atom is 0.315 e. The number of ether oxygens (including phenoxy) is 2. The van der Waals surface area contributed by atoms with Crippen LogP contribution in [0, 0.1) is 5.41 Å². The lowest BCUT2D eigenvalue weighted by molar-refractivity contribution is -0.149. The number of carbonyl (C=O) groups is 1. The topological polar surface area (TPSA) is 55.8 Å². The number of fused-ring (bicyclic) bond motifs is 1. The minimum Gasteiger partial charge on any atom is -0.508 e. The Morgan fingerprint density at radius 1 is 1.31 bits per heavy atom. The van der Waals surface area contributed by atoms with Crippen molar-refractivity contribution in [3.8, 4) is 11.5 Å². The van der Waals surface area contributed by atoms with Crippen LogP contribution in [0.15, 0.2) is 35.1 Å². The highest BCUT2D eigenvalue weighted by Crippen LogP contribution is 2.48. The predicted molar refractivity (Wildman–Crippen MR) is 119 cm³/mol. The Kier molecular flexibility index (Phi) is 6.19. The number of carbonyl (C=O) groups excluding carboxylic acids is 1. The van der Waals surface area contributed by atoms with Gasteiger partial charge >= 0.3 is 5.97 Å². The van der Waals surface area contributed by atoms with Gasteiger partial charge in [0.15, 0.2) is 0 Å². The van der Waals surface area contributed by atoms with Crippen molar-refractivity contribution in [1.82, 2.24) is 0 Å². The Bertz CT molecular complexity index is 877. The van der Waals surface area contributed by atoms with E-state index in [0.29, 0.717) is 24.3 Å². The first-order valence-corrected chi connectivity index (χ1v) is 11.4. The van der Waals surface area contributed by atoms with Gasteiger partial charge in [-0.2, -0.15) is 0 Å². The molecule has 1 N–H and O–H groups in total. The Morgan fingerprint density at radius 3 is 2.72 bits per heavy atom. The van der Waals surface area contributed by atoms with Crippen LogP contribution in [0.25, 0.3) is 0 Å². The summed E-state index contributed by atoms with van der Waals surface area (Å²) in [5.74, 6) is 1.48. The van der Waals surface area contributed by atoms with Crippen molar-refractivity contribution in [3.05, 3.63) is 46.2 Å². The maximum atomic E-state index is 12.7. The molecular formula is C24H31BrO4. The van der Waals surface area contributed by atoms with E-state index >= 15 is 0 Å². The fourth-order valence-corrected chi connectivity index (χ4v) is 4.23. The first-order valence-electron chi connectivity index (χ1n) is 10.3. The van der Waals surface area contributed by atoms with Crippen LogP contribution in [0.5, 0.6) is 11.5 Å². The van der Waals surface area contributed by atoms with Crippen molar-refractivity contribution in [3.63, 3.8) is 0 Å². The van der Waals surface area contributed by atoms with Gasteiger partial charge in [0, 0.05) is 22.7 Å². The Labute approximate surface area is 182 Å². The number of hydrogen-bond acceptors (Lipinski definition) is 4. The third kappa shape index (κ3) is 4.25. The summed E-state index contributed by atoms with van der Waals surface area (Å²) < 4.78 is 11.8. The maximum absolute atomic E-state index is 12.7. The van der Waals surface area contributed by atoms with E-state index in [1.165, 1.54) is 5.57 Å². The summed E-state index contributed by atoms with van der Waals surface area (Å²) in [4.78, 5) is 12.7. The summed E-state index contributed by atoms with van der Waals surface area (Å²) >= 11 is 3.38. The molecule has 0 amide bonds. The Morgan fingerprint density at radius 2 is 2.03 bits per heavy atom. The summed E-state index contributed by atoms with van der Waals surface area (Å²) in [6.07, 6.45) is 5.59. The molecule has 1 aromatic rings. The lowest BCUT2D eigenvalue weighted by atomic mass is 9.75. The van der Waals surface area contributed by atoms with Gasteiger partial charge in [-0.3, -0.25) is 4.79 Å². The smallest absolute Gasteiger partial charge is 0.315 e. The highest BCUT2D eigenvalue weighted by Gasteiger charge is 2.38. The molecule has 0 fully saturated rings. The van der Waals surface area contributed by atoms with E-state index in [2.05, 4.69) is 42.8 Å². The quantitative estimate of drug-likeness (QED) is 0.322. The zero-order valence-corrected chi connectivity index (χ0v) is 19.6. The van der Waals surface area contributed by atoms with E-state index in [0.717, 1.165) is 41.5 Å². The van der Waals surface area contributed by atoms with Crippen molar-refractivity contribution in [2.75, 3.05) is 11.9 Å². The molecule has 5 heteroatoms. The van der Waals surface area contributed by atoms with Gasteiger partial charge in [0.2, 0.25) is 0 Å². The molecule has 0 aromatic heterocycles. The average Bonchev–Trinajstić information content (AvgIpc) is 2.67. The molecule has 0 bridgehead atoms. The number of phenolic OH excluding ortho intramolecular Hbond substituents is 1. The Balaban J connectivity index is 1.89. The standard InChI is InChI=1S/C24H31BrO4/c1-15-8-9-23(2,3)21-17(15)14-18-19(26)12-16(13-20(18)29-21)24(4,5)22(27)28-11-7-6-10-25/h8,12-13,26H,6-7,9-11,14H2,1-5H3. The molecular weight excluding hydrogens is 432 g/mol. The third-order valence-electron chi connectivity index (χ3n) is 6.03. The van der Waals surface area contributed by atoms with Gasteiger partial charge in [-0.25, -0.2) is 0 Å². The minimum absolute atomic E-state index is 0.0952. The normalized spacial score (nSPS) is 17.8. The third-order valence-corrected chi connectivity index (χ3v) is 6.59. The van der Waals surface area contributed by atoms with Gasteiger partial charge in [0.25, 0.3) is 0 Å². The summed E-state index contributed by atoms with van der Waals surface area (Å²) in [6.45, 7) is 10.5. The van der Waals surface area contributed by atoms with Crippen LogP contribution in [0.3, 0.4) is 0 Å². The number of alkyl halides is 1. The molecule has 0 saturated heterocycles. The first-order chi connectivity index (χ1) is 13.6. The molecule has 0 saturated carbocycles. The van der Waals surface area contributed by atoms with Crippen LogP contribution in [0.4, 0.5) is 0 Å². The highest BCUT2D eigenvalue weighted by molar-refractivity contribution is 9.09. The molecule has 4 nitrogen and oxygen atoms in total. The molecule has 29 heavy (non-hydrogen) atoms. The molecule has 2 aliphatic rings. The molecule has 0 spiro atoms. The number of hydrogen-bond donors (Lipinski definition) is 1. The monoisotopic (exact) mass is 462 g/mol. The lowest BCUT2D eigenvalue weighted by Crippen LogP contribution is -2.32. The minimum atomic E-state index is -0.878. The van der Waals surface area contributed by atoms with Crippen LogP contribution < -0.4 is 4.74 Å². The zero-order valence-electron chi connectivity index (χ0n) is 18.0. The second kappa shape index (κ2) is 8.17. The number of unbranched alkanes of at least 4 members (excludes halogenated alkanes) is 1. The van der Waals surface area contributed by atoms with E-state index in [9.17, 15) is 9.90 Å². The van der Waals surface area contributed by atoms with Gasteiger partial charge in [-0.15, -0.1) is 0 Å². The van der Waals surface area contributed by atoms with Crippen molar-refractivity contribution in [1.29, 1.82) is 0 Å². The molecule has 158 valence electrons. The van der Waals surface area contributed by atoms with Crippen LogP contribution in [-0.4, -0.2) is 23.0 Å². The van der Waals surface area contributed by atoms with E-state index in [4.69, 9.17) is 9.47 Å². The molecule has 1 aromatic carbocycles. The number of phenols is 1. The lowest BCUT2D eigenvalue weighted by Gasteiger charge is -2.37. The molecule has 3 rings (SSSR count). The number of rotatable bonds is 6. The van der Waals surface area contributed by atoms with Crippen molar-refractivity contribution < 1.29 is 19.4 Å². The summed E-state index contributed by atoms with van der Waals surface area (Å²) in [5, 5.41) is 11.7. The van der Waals surface area contributed by atoms with Crippen molar-refractivity contribution in [2.45, 2.75) is 65.7 Å². The summed E-state index contributed by atoms with van der Waals surface area (Å²) in [5.41, 5.74) is 2.87. The number of esters is 1. The first kappa shape index (κ1) is 21.9. The van der Waals surface area contributed by atoms with Gasteiger partial charge in [-0.1, -0.05) is 35.9 Å². The molecule has 0 radical (unpaired) electrons. The number of benzene rings is 1. The van der Waals surface area contributed by atoms with Gasteiger partial charge in [-0.05, 0) is 68.9 Å². The van der Waals surface area contributed by atoms with Crippen LogP contribution in [-0.2, 0) is 21.4 Å². The molecule has 0 unspecified atom stereocenters. The molecule has 1 heterocycles. The fraction of sp³-hybridized carbons (Fsp3) is 0.542. The summed E-state index contributed by atoms with van der Waals surface area (Å²) in [7, 11) is 0. The Hall–Kier alpha value is -1.75. The van der Waals surface area contributed by atoms with Crippen molar-refractivity contribution >= 4 is 21.9 Å². The van der Waals surface area contributed by atoms with Gasteiger partial charge < -0.3 is 14.6 Å². The van der Waals surface area contributed by atoms with Gasteiger partial charge in [0.1, 0.15) is 17.3 Å². The van der Waals surface area contributed by atoms with Crippen molar-refractivity contribution in [2.24, 2.45) is 5.41 Å². The second-order valence-electron chi connectivity index (χ2n) is 9.19. The largest absolute Gasteiger partial charge is 0.508 e. The molecule has 1 aliphatic heterocycles. The number of halogens is 1. The second-order valence-corrected chi connectivity index (χ2v) is 9.98. The van der Waals surface area contributed by atoms with E-state index in [1.807, 2.05) is 19.9 Å². The highest BCUT2D eigenvalue weighted by atomic mass is 79.9. The van der Waals surface area contributed by atoms with Crippen LogP contribution >= 0.6 is 15.9 Å². The predicted octanol–water partition coefficient (Wildman–Crippen LogP) is 5.95. The number of aromatic hydroxyl groups is 1. The van der Waals surface area contributed by atoms with E-state index < -0.39 is 5.41 Å². The fourth-order valence-electron chi connectivity index (χ4n) is 3.84.